The van der Waals surface area contributed by atoms with Gasteiger partial charge >= 0.3 is 0 Å². The van der Waals surface area contributed by atoms with E-state index < -0.39 is 0 Å². The van der Waals surface area contributed by atoms with Crippen LogP contribution in [-0.2, 0) is 0 Å². The molecule has 0 radical (unpaired) electrons. The molecule has 0 amide bonds. The molecule has 3 nitrogen and oxygen atoms in total. The molecule has 0 spiro atoms. The average Bonchev–Trinajstić information content (AvgIpc) is 2.20. The van der Waals surface area contributed by atoms with Crippen LogP contribution in [0.25, 0.3) is 11.3 Å². The van der Waals surface area contributed by atoms with Gasteiger partial charge in [-0.3, -0.25) is 4.98 Å². The summed E-state index contributed by atoms with van der Waals surface area (Å²) in [6, 6.07) is 6.13. The molecule has 0 unspecified atom stereocenters. The molecule has 0 aliphatic carbocycles. The van der Waals surface area contributed by atoms with Gasteiger partial charge in [0.2, 0.25) is 0 Å². The molecule has 76 valence electrons. The highest BCUT2D eigenvalue weighted by Gasteiger charge is 2.09. The van der Waals surface area contributed by atoms with Crippen LogP contribution in [0, 0.1) is 13.8 Å². The highest BCUT2D eigenvalue weighted by molar-refractivity contribution is 5.74. The molecule has 1 aromatic heterocycles. The van der Waals surface area contributed by atoms with E-state index in [1.54, 1.807) is 12.4 Å². The predicted octanol–water partition coefficient (Wildman–Crippen LogP) is 2.34. The van der Waals surface area contributed by atoms with Crippen molar-refractivity contribution in [2.45, 2.75) is 13.8 Å². The molecule has 0 saturated heterocycles. The third-order valence-electron chi connectivity index (χ3n) is 2.44. The summed E-state index contributed by atoms with van der Waals surface area (Å²) in [4.78, 5) is 8.34. The largest absolute Gasteiger partial charge is 0.382 e. The zero-order valence-electron chi connectivity index (χ0n) is 8.86. The summed E-state index contributed by atoms with van der Waals surface area (Å²) in [5.41, 5.74) is 10.0. The van der Waals surface area contributed by atoms with Crippen LogP contribution in [0.4, 0.5) is 5.82 Å². The monoisotopic (exact) mass is 199 g/mol. The van der Waals surface area contributed by atoms with E-state index in [2.05, 4.69) is 35.9 Å². The molecule has 2 rings (SSSR count). The number of hydrogen-bond donors (Lipinski definition) is 1. The van der Waals surface area contributed by atoms with Crippen LogP contribution in [0.5, 0.6) is 0 Å². The second-order valence-corrected chi connectivity index (χ2v) is 3.56. The lowest BCUT2D eigenvalue weighted by Gasteiger charge is -2.09. The minimum absolute atomic E-state index is 0.481. The zero-order valence-corrected chi connectivity index (χ0v) is 8.86. The van der Waals surface area contributed by atoms with E-state index in [4.69, 9.17) is 5.73 Å². The summed E-state index contributed by atoms with van der Waals surface area (Å²) < 4.78 is 0. The van der Waals surface area contributed by atoms with Crippen molar-refractivity contribution in [1.29, 1.82) is 0 Å². The van der Waals surface area contributed by atoms with Crippen LogP contribution in [0.2, 0.25) is 0 Å². The van der Waals surface area contributed by atoms with E-state index in [0.717, 1.165) is 11.3 Å². The second-order valence-electron chi connectivity index (χ2n) is 3.56. The fraction of sp³-hybridized carbons (Fsp3) is 0.167. The Labute approximate surface area is 89.0 Å². The number of aromatic nitrogens is 2. The van der Waals surface area contributed by atoms with Gasteiger partial charge in [-0.25, -0.2) is 4.98 Å². The molecule has 0 atom stereocenters. The highest BCUT2D eigenvalue weighted by Crippen LogP contribution is 2.27. The molecular weight excluding hydrogens is 186 g/mol. The lowest BCUT2D eigenvalue weighted by molar-refractivity contribution is 1.20. The quantitative estimate of drug-likeness (QED) is 0.767. The molecule has 0 saturated carbocycles. The topological polar surface area (TPSA) is 51.8 Å². The highest BCUT2D eigenvalue weighted by atomic mass is 14.9. The molecule has 3 heteroatoms. The normalized spacial score (nSPS) is 10.3. The third kappa shape index (κ3) is 1.68. The summed E-state index contributed by atoms with van der Waals surface area (Å²) in [7, 11) is 0. The first-order valence-corrected chi connectivity index (χ1v) is 4.83. The van der Waals surface area contributed by atoms with E-state index in [-0.39, 0.29) is 0 Å². The van der Waals surface area contributed by atoms with Crippen LogP contribution in [0.3, 0.4) is 0 Å². The number of anilines is 1. The minimum Gasteiger partial charge on any atom is -0.382 e. The van der Waals surface area contributed by atoms with Gasteiger partial charge in [0.05, 0.1) is 0 Å². The third-order valence-corrected chi connectivity index (χ3v) is 2.44. The fourth-order valence-electron chi connectivity index (χ4n) is 1.73. The van der Waals surface area contributed by atoms with Gasteiger partial charge in [0.1, 0.15) is 11.5 Å². The molecule has 0 aliphatic rings. The first kappa shape index (κ1) is 9.65. The van der Waals surface area contributed by atoms with Gasteiger partial charge in [-0.1, -0.05) is 18.2 Å². The van der Waals surface area contributed by atoms with Gasteiger partial charge in [0.25, 0.3) is 0 Å². The Balaban J connectivity index is 2.69. The van der Waals surface area contributed by atoms with Crippen molar-refractivity contribution in [2.24, 2.45) is 0 Å². The SMILES string of the molecule is Cc1cccc(C)c1-c1nccnc1N. The van der Waals surface area contributed by atoms with Crippen LogP contribution in [0.15, 0.2) is 30.6 Å². The maximum Gasteiger partial charge on any atom is 0.150 e. The number of benzene rings is 1. The maximum absolute atomic E-state index is 5.82. The lowest BCUT2D eigenvalue weighted by atomic mass is 10.00. The smallest absolute Gasteiger partial charge is 0.150 e. The molecular formula is C12H13N3. The average molecular weight is 199 g/mol. The fourth-order valence-corrected chi connectivity index (χ4v) is 1.73. The first-order chi connectivity index (χ1) is 7.20. The Bertz CT molecular complexity index is 472. The van der Waals surface area contributed by atoms with Gasteiger partial charge in [-0.05, 0) is 25.0 Å². The molecule has 1 aromatic carbocycles. The van der Waals surface area contributed by atoms with Crippen molar-refractivity contribution in [1.82, 2.24) is 9.97 Å². The lowest BCUT2D eigenvalue weighted by Crippen LogP contribution is -1.98. The summed E-state index contributed by atoms with van der Waals surface area (Å²) in [5, 5.41) is 0. The van der Waals surface area contributed by atoms with Crippen LogP contribution < -0.4 is 5.73 Å². The van der Waals surface area contributed by atoms with Crippen molar-refractivity contribution in [2.75, 3.05) is 5.73 Å². The number of aryl methyl sites for hydroxylation is 2. The molecule has 2 N–H and O–H groups in total. The molecule has 2 aromatic rings. The maximum atomic E-state index is 5.82. The van der Waals surface area contributed by atoms with Crippen molar-refractivity contribution in [3.8, 4) is 11.3 Å². The number of rotatable bonds is 1. The van der Waals surface area contributed by atoms with Crippen molar-refractivity contribution in [3.63, 3.8) is 0 Å². The number of hydrogen-bond acceptors (Lipinski definition) is 3. The molecule has 15 heavy (non-hydrogen) atoms. The Morgan fingerprint density at radius 2 is 1.60 bits per heavy atom. The number of nitrogens with two attached hydrogens (primary N) is 1. The molecule has 0 bridgehead atoms. The minimum atomic E-state index is 0.481. The van der Waals surface area contributed by atoms with E-state index >= 15 is 0 Å². The summed E-state index contributed by atoms with van der Waals surface area (Å²) in [6.07, 6.45) is 3.27. The Hall–Kier alpha value is -1.90. The van der Waals surface area contributed by atoms with Gasteiger partial charge in [-0.15, -0.1) is 0 Å². The van der Waals surface area contributed by atoms with Gasteiger partial charge < -0.3 is 5.73 Å². The van der Waals surface area contributed by atoms with E-state index in [9.17, 15) is 0 Å². The number of nitrogen functional groups attached to an aromatic ring is 1. The predicted molar refractivity (Wildman–Crippen MR) is 61.4 cm³/mol. The van der Waals surface area contributed by atoms with Crippen molar-refractivity contribution >= 4 is 5.82 Å². The summed E-state index contributed by atoms with van der Waals surface area (Å²) in [5.74, 6) is 0.481. The summed E-state index contributed by atoms with van der Waals surface area (Å²) >= 11 is 0. The molecule has 0 aliphatic heterocycles. The van der Waals surface area contributed by atoms with Crippen LogP contribution in [-0.4, -0.2) is 9.97 Å². The summed E-state index contributed by atoms with van der Waals surface area (Å²) in [6.45, 7) is 4.10. The Morgan fingerprint density at radius 3 is 2.20 bits per heavy atom. The van der Waals surface area contributed by atoms with E-state index in [1.807, 2.05) is 6.07 Å². The number of nitrogens with zero attached hydrogens (tertiary/aromatic N) is 2. The van der Waals surface area contributed by atoms with Crippen molar-refractivity contribution < 1.29 is 0 Å². The molecule has 0 fully saturated rings. The van der Waals surface area contributed by atoms with E-state index in [1.165, 1.54) is 11.1 Å². The second kappa shape index (κ2) is 3.69. The van der Waals surface area contributed by atoms with Gasteiger partial charge in [0, 0.05) is 18.0 Å². The van der Waals surface area contributed by atoms with Crippen LogP contribution >= 0.6 is 0 Å². The molecule has 1 heterocycles. The Morgan fingerprint density at radius 1 is 1.00 bits per heavy atom. The standard InChI is InChI=1S/C12H13N3/c1-8-4-3-5-9(2)10(8)11-12(13)15-7-6-14-11/h3-7H,1-2H3,(H2,13,15). The van der Waals surface area contributed by atoms with Gasteiger partial charge in [-0.2, -0.15) is 0 Å². The van der Waals surface area contributed by atoms with Crippen molar-refractivity contribution in [3.05, 3.63) is 41.7 Å². The van der Waals surface area contributed by atoms with Gasteiger partial charge in [0.15, 0.2) is 0 Å². The Kier molecular flexibility index (Phi) is 2.37. The first-order valence-electron chi connectivity index (χ1n) is 4.83. The van der Waals surface area contributed by atoms with Crippen LogP contribution in [0.1, 0.15) is 11.1 Å². The van der Waals surface area contributed by atoms with E-state index in [0.29, 0.717) is 5.82 Å². The zero-order chi connectivity index (χ0) is 10.8.